The van der Waals surface area contributed by atoms with Crippen molar-refractivity contribution in [2.45, 2.75) is 12.5 Å². The lowest BCUT2D eigenvalue weighted by molar-refractivity contribution is -0.117. The van der Waals surface area contributed by atoms with E-state index in [9.17, 15) is 9.90 Å². The maximum atomic E-state index is 11.8. The second-order valence-corrected chi connectivity index (χ2v) is 5.72. The molecule has 1 aromatic heterocycles. The highest BCUT2D eigenvalue weighted by molar-refractivity contribution is 6.30. The number of hydrogen-bond donors (Lipinski definition) is 2. The lowest BCUT2D eigenvalue weighted by Gasteiger charge is -2.21. The molecule has 2 N–H and O–H groups in total. The zero-order valence-corrected chi connectivity index (χ0v) is 13.2. The zero-order chi connectivity index (χ0) is 16.2. The molecule has 22 heavy (non-hydrogen) atoms. The van der Waals surface area contributed by atoms with E-state index in [4.69, 9.17) is 11.6 Å². The lowest BCUT2D eigenvalue weighted by atomic mass is 10.00. The Hall–Kier alpha value is -2.11. The minimum Gasteiger partial charge on any atom is -0.383 e. The van der Waals surface area contributed by atoms with Gasteiger partial charge in [0.25, 0.3) is 0 Å². The van der Waals surface area contributed by atoms with E-state index >= 15 is 0 Å². The van der Waals surface area contributed by atoms with Crippen LogP contribution in [0.1, 0.15) is 18.1 Å². The standard InChI is InChI=1S/C16H18ClN3O2/c1-16(22,13-9-19-20(2)10-13)11-18-15(21)7-6-12-4-3-5-14(17)8-12/h3-10,22H,11H2,1-2H3,(H,18,21)/b7-6+/t16-/m0/s1. The highest BCUT2D eigenvalue weighted by Crippen LogP contribution is 2.18. The van der Waals surface area contributed by atoms with Crippen molar-refractivity contribution in [2.75, 3.05) is 6.54 Å². The number of carbonyl (C=O) groups excluding carboxylic acids is 1. The van der Waals surface area contributed by atoms with Crippen LogP contribution < -0.4 is 5.32 Å². The van der Waals surface area contributed by atoms with Crippen LogP contribution in [0, 0.1) is 0 Å². The van der Waals surface area contributed by atoms with Crippen LogP contribution in [0.3, 0.4) is 0 Å². The number of aliphatic hydroxyl groups is 1. The minimum absolute atomic E-state index is 0.0947. The van der Waals surface area contributed by atoms with Crippen molar-refractivity contribution >= 4 is 23.6 Å². The van der Waals surface area contributed by atoms with Crippen LogP contribution in [0.4, 0.5) is 0 Å². The quantitative estimate of drug-likeness (QED) is 0.829. The van der Waals surface area contributed by atoms with Gasteiger partial charge < -0.3 is 10.4 Å². The molecular weight excluding hydrogens is 302 g/mol. The molecule has 6 heteroatoms. The Labute approximate surface area is 134 Å². The fourth-order valence-electron chi connectivity index (χ4n) is 1.90. The summed E-state index contributed by atoms with van der Waals surface area (Å²) in [5.41, 5.74) is 0.309. The summed E-state index contributed by atoms with van der Waals surface area (Å²) in [4.78, 5) is 11.8. The van der Waals surface area contributed by atoms with Crippen LogP contribution in [0.15, 0.2) is 42.7 Å². The summed E-state index contributed by atoms with van der Waals surface area (Å²) in [6.45, 7) is 1.72. The molecule has 0 saturated carbocycles. The first-order chi connectivity index (χ1) is 10.4. The number of amides is 1. The van der Waals surface area contributed by atoms with Gasteiger partial charge in [0, 0.05) is 29.9 Å². The third kappa shape index (κ3) is 4.44. The summed E-state index contributed by atoms with van der Waals surface area (Å²) in [6.07, 6.45) is 6.37. The molecule has 1 atom stereocenters. The number of benzene rings is 1. The average molecular weight is 320 g/mol. The molecule has 1 heterocycles. The molecule has 116 valence electrons. The second kappa shape index (κ2) is 6.77. The Kier molecular flexibility index (Phi) is 5.00. The van der Waals surface area contributed by atoms with Gasteiger partial charge in [-0.2, -0.15) is 5.10 Å². The monoisotopic (exact) mass is 319 g/mol. The molecule has 1 amide bonds. The normalized spacial score (nSPS) is 14.0. The molecule has 0 aliphatic heterocycles. The highest BCUT2D eigenvalue weighted by Gasteiger charge is 2.24. The van der Waals surface area contributed by atoms with E-state index in [0.29, 0.717) is 10.6 Å². The van der Waals surface area contributed by atoms with Gasteiger partial charge in [-0.25, -0.2) is 0 Å². The summed E-state index contributed by atoms with van der Waals surface area (Å²) < 4.78 is 1.60. The predicted molar refractivity (Wildman–Crippen MR) is 86.3 cm³/mol. The topological polar surface area (TPSA) is 67.2 Å². The number of rotatable bonds is 5. The Balaban J connectivity index is 1.92. The molecule has 5 nitrogen and oxygen atoms in total. The SMILES string of the molecule is Cn1cc([C@@](C)(O)CNC(=O)/C=C/c2cccc(Cl)c2)cn1. The number of halogens is 1. The molecule has 2 rings (SSSR count). The van der Waals surface area contributed by atoms with E-state index in [1.165, 1.54) is 6.08 Å². The summed E-state index contributed by atoms with van der Waals surface area (Å²) in [6, 6.07) is 7.19. The van der Waals surface area contributed by atoms with E-state index in [0.717, 1.165) is 5.56 Å². The van der Waals surface area contributed by atoms with Gasteiger partial charge in [-0.1, -0.05) is 23.7 Å². The third-order valence-electron chi connectivity index (χ3n) is 3.21. The van der Waals surface area contributed by atoms with Crippen molar-refractivity contribution in [3.8, 4) is 0 Å². The van der Waals surface area contributed by atoms with Crippen molar-refractivity contribution < 1.29 is 9.90 Å². The van der Waals surface area contributed by atoms with Crippen LogP contribution in [-0.2, 0) is 17.4 Å². The maximum Gasteiger partial charge on any atom is 0.244 e. The van der Waals surface area contributed by atoms with E-state index in [-0.39, 0.29) is 12.5 Å². The molecular formula is C16H18ClN3O2. The molecule has 0 bridgehead atoms. The van der Waals surface area contributed by atoms with Crippen LogP contribution >= 0.6 is 11.6 Å². The molecule has 0 aliphatic carbocycles. The fourth-order valence-corrected chi connectivity index (χ4v) is 2.10. The van der Waals surface area contributed by atoms with Crippen LogP contribution in [-0.4, -0.2) is 27.3 Å². The van der Waals surface area contributed by atoms with Gasteiger partial charge >= 0.3 is 0 Å². The first-order valence-electron chi connectivity index (χ1n) is 6.80. The maximum absolute atomic E-state index is 11.8. The number of nitrogens with zero attached hydrogens (tertiary/aromatic N) is 2. The number of aryl methyl sites for hydroxylation is 1. The highest BCUT2D eigenvalue weighted by atomic mass is 35.5. The van der Waals surface area contributed by atoms with Crippen LogP contribution in [0.25, 0.3) is 6.08 Å². The minimum atomic E-state index is -1.17. The van der Waals surface area contributed by atoms with Gasteiger partial charge in [0.1, 0.15) is 5.60 Å². The Bertz CT molecular complexity index is 692. The van der Waals surface area contributed by atoms with E-state index in [1.807, 2.05) is 12.1 Å². The van der Waals surface area contributed by atoms with Crippen molar-refractivity contribution in [3.63, 3.8) is 0 Å². The molecule has 0 spiro atoms. The largest absolute Gasteiger partial charge is 0.383 e. The lowest BCUT2D eigenvalue weighted by Crippen LogP contribution is -2.37. The Morgan fingerprint density at radius 2 is 2.32 bits per heavy atom. The smallest absolute Gasteiger partial charge is 0.244 e. The summed E-state index contributed by atoms with van der Waals surface area (Å²) >= 11 is 5.88. The van der Waals surface area contributed by atoms with Crippen molar-refractivity contribution in [1.82, 2.24) is 15.1 Å². The molecule has 1 aromatic carbocycles. The summed E-state index contributed by atoms with van der Waals surface area (Å²) in [7, 11) is 1.77. The van der Waals surface area contributed by atoms with Crippen molar-refractivity contribution in [2.24, 2.45) is 7.05 Å². The number of hydrogen-bond acceptors (Lipinski definition) is 3. The second-order valence-electron chi connectivity index (χ2n) is 5.28. The van der Waals surface area contributed by atoms with Gasteiger partial charge in [0.2, 0.25) is 5.91 Å². The third-order valence-corrected chi connectivity index (χ3v) is 3.44. The van der Waals surface area contributed by atoms with Gasteiger partial charge in [0.05, 0.1) is 12.7 Å². The van der Waals surface area contributed by atoms with E-state index in [2.05, 4.69) is 10.4 Å². The Morgan fingerprint density at radius 3 is 2.95 bits per heavy atom. The molecule has 0 unspecified atom stereocenters. The molecule has 0 radical (unpaired) electrons. The van der Waals surface area contributed by atoms with Crippen LogP contribution in [0.2, 0.25) is 5.02 Å². The molecule has 0 saturated heterocycles. The number of carbonyl (C=O) groups is 1. The first kappa shape index (κ1) is 16.3. The molecule has 0 fully saturated rings. The molecule has 0 aliphatic rings. The summed E-state index contributed by atoms with van der Waals surface area (Å²) in [5, 5.41) is 17.7. The summed E-state index contributed by atoms with van der Waals surface area (Å²) in [5.74, 6) is -0.288. The van der Waals surface area contributed by atoms with Gasteiger partial charge in [-0.3, -0.25) is 9.48 Å². The predicted octanol–water partition coefficient (Wildman–Crippen LogP) is 2.11. The Morgan fingerprint density at radius 1 is 1.55 bits per heavy atom. The number of nitrogens with one attached hydrogen (secondary N) is 1. The van der Waals surface area contributed by atoms with Crippen molar-refractivity contribution in [1.29, 1.82) is 0 Å². The van der Waals surface area contributed by atoms with E-state index in [1.54, 1.807) is 49.3 Å². The molecule has 2 aromatic rings. The zero-order valence-electron chi connectivity index (χ0n) is 12.5. The first-order valence-corrected chi connectivity index (χ1v) is 7.17. The average Bonchev–Trinajstić information content (AvgIpc) is 2.91. The van der Waals surface area contributed by atoms with Gasteiger partial charge in [-0.15, -0.1) is 0 Å². The fraction of sp³-hybridized carbons (Fsp3) is 0.250. The van der Waals surface area contributed by atoms with E-state index < -0.39 is 5.60 Å². The van der Waals surface area contributed by atoms with Crippen molar-refractivity contribution in [3.05, 3.63) is 58.9 Å². The van der Waals surface area contributed by atoms with Crippen LogP contribution in [0.5, 0.6) is 0 Å². The van der Waals surface area contributed by atoms with Gasteiger partial charge in [0.15, 0.2) is 0 Å². The number of aromatic nitrogens is 2. The van der Waals surface area contributed by atoms with Gasteiger partial charge in [-0.05, 0) is 30.7 Å².